The number of nitrogens with one attached hydrogen (secondary N) is 1. The maximum Gasteiger partial charge on any atom is 0.255 e. The maximum absolute atomic E-state index is 12.0. The second kappa shape index (κ2) is 5.36. The molecule has 0 aromatic carbocycles. The molecule has 96 valence electrons. The van der Waals surface area contributed by atoms with Crippen molar-refractivity contribution in [1.29, 1.82) is 0 Å². The van der Waals surface area contributed by atoms with Crippen LogP contribution < -0.4 is 11.1 Å². The molecule has 1 aromatic heterocycles. The van der Waals surface area contributed by atoms with Crippen molar-refractivity contribution in [2.24, 2.45) is 11.1 Å². The van der Waals surface area contributed by atoms with Gasteiger partial charge in [-0.05, 0) is 31.4 Å². The molecule has 3 N–H and O–H groups in total. The van der Waals surface area contributed by atoms with Crippen molar-refractivity contribution < 1.29 is 9.21 Å². The van der Waals surface area contributed by atoms with E-state index in [1.807, 2.05) is 0 Å². The van der Waals surface area contributed by atoms with E-state index in [0.29, 0.717) is 17.9 Å². The minimum Gasteiger partial charge on any atom is -0.469 e. The van der Waals surface area contributed by atoms with E-state index in [1.165, 1.54) is 6.26 Å². The number of furan rings is 1. The zero-order valence-electron chi connectivity index (χ0n) is 11.0. The molecule has 0 saturated heterocycles. The Kier molecular flexibility index (Phi) is 4.34. The van der Waals surface area contributed by atoms with Crippen molar-refractivity contribution in [3.63, 3.8) is 0 Å². The van der Waals surface area contributed by atoms with Gasteiger partial charge in [-0.3, -0.25) is 4.79 Å². The van der Waals surface area contributed by atoms with Crippen LogP contribution in [-0.4, -0.2) is 18.5 Å². The molecule has 17 heavy (non-hydrogen) atoms. The number of hydrogen-bond acceptors (Lipinski definition) is 3. The Morgan fingerprint density at radius 3 is 2.59 bits per heavy atom. The molecular formula is C13H22N2O2. The molecule has 0 spiro atoms. The third-order valence-electron chi connectivity index (χ3n) is 2.91. The molecular weight excluding hydrogens is 216 g/mol. The summed E-state index contributed by atoms with van der Waals surface area (Å²) >= 11 is 0. The third-order valence-corrected chi connectivity index (χ3v) is 2.91. The van der Waals surface area contributed by atoms with Gasteiger partial charge in [-0.2, -0.15) is 0 Å². The Labute approximate surface area is 103 Å². The molecule has 0 radical (unpaired) electrons. The monoisotopic (exact) mass is 238 g/mol. The van der Waals surface area contributed by atoms with Gasteiger partial charge in [-0.15, -0.1) is 0 Å². The van der Waals surface area contributed by atoms with Crippen LogP contribution in [0.3, 0.4) is 0 Å². The van der Waals surface area contributed by atoms with Crippen LogP contribution in [0.5, 0.6) is 0 Å². The second-order valence-corrected chi connectivity index (χ2v) is 5.36. The molecule has 1 amide bonds. The standard InChI is InChI=1S/C13H22N2O2/c1-9-10(6-8-17-9)12(16)15-11(5-7-14)13(2,3)4/h6,8,11H,5,7,14H2,1-4H3,(H,15,16). The summed E-state index contributed by atoms with van der Waals surface area (Å²) in [5.41, 5.74) is 6.17. The molecule has 1 rings (SSSR count). The first-order valence-electron chi connectivity index (χ1n) is 5.91. The van der Waals surface area contributed by atoms with Crippen molar-refractivity contribution in [1.82, 2.24) is 5.32 Å². The summed E-state index contributed by atoms with van der Waals surface area (Å²) in [5.74, 6) is 0.549. The smallest absolute Gasteiger partial charge is 0.255 e. The average Bonchev–Trinajstić information content (AvgIpc) is 2.62. The lowest BCUT2D eigenvalue weighted by Crippen LogP contribution is -2.44. The number of carbonyl (C=O) groups excluding carboxylic acids is 1. The van der Waals surface area contributed by atoms with Crippen LogP contribution in [0.2, 0.25) is 0 Å². The highest BCUT2D eigenvalue weighted by Crippen LogP contribution is 2.22. The largest absolute Gasteiger partial charge is 0.469 e. The number of amides is 1. The van der Waals surface area contributed by atoms with E-state index in [4.69, 9.17) is 10.2 Å². The first-order chi connectivity index (χ1) is 7.86. The number of aryl methyl sites for hydroxylation is 1. The average molecular weight is 238 g/mol. The molecule has 0 aliphatic rings. The molecule has 0 saturated carbocycles. The predicted octanol–water partition coefficient (Wildman–Crippen LogP) is 2.08. The van der Waals surface area contributed by atoms with Gasteiger partial charge in [0, 0.05) is 6.04 Å². The Bertz CT molecular complexity index is 377. The van der Waals surface area contributed by atoms with Crippen LogP contribution in [-0.2, 0) is 0 Å². The topological polar surface area (TPSA) is 68.3 Å². The van der Waals surface area contributed by atoms with E-state index in [0.717, 1.165) is 6.42 Å². The van der Waals surface area contributed by atoms with E-state index >= 15 is 0 Å². The summed E-state index contributed by atoms with van der Waals surface area (Å²) in [6.45, 7) is 8.62. The zero-order chi connectivity index (χ0) is 13.1. The maximum atomic E-state index is 12.0. The number of carbonyl (C=O) groups is 1. The third kappa shape index (κ3) is 3.60. The Balaban J connectivity index is 2.75. The molecule has 1 heterocycles. The number of hydrogen-bond donors (Lipinski definition) is 2. The fraction of sp³-hybridized carbons (Fsp3) is 0.615. The van der Waals surface area contributed by atoms with Gasteiger partial charge in [0.1, 0.15) is 5.76 Å². The highest BCUT2D eigenvalue weighted by Gasteiger charge is 2.26. The molecule has 4 heteroatoms. The summed E-state index contributed by atoms with van der Waals surface area (Å²) in [6.07, 6.45) is 2.30. The van der Waals surface area contributed by atoms with Gasteiger partial charge in [0.05, 0.1) is 11.8 Å². The number of rotatable bonds is 4. The van der Waals surface area contributed by atoms with Crippen LogP contribution >= 0.6 is 0 Å². The van der Waals surface area contributed by atoms with Crippen molar-refractivity contribution in [2.75, 3.05) is 6.54 Å². The van der Waals surface area contributed by atoms with Gasteiger partial charge >= 0.3 is 0 Å². The van der Waals surface area contributed by atoms with E-state index in [1.54, 1.807) is 13.0 Å². The lowest BCUT2D eigenvalue weighted by atomic mass is 9.84. The lowest BCUT2D eigenvalue weighted by Gasteiger charge is -2.31. The fourth-order valence-corrected chi connectivity index (χ4v) is 1.74. The van der Waals surface area contributed by atoms with E-state index in [9.17, 15) is 4.79 Å². The van der Waals surface area contributed by atoms with E-state index in [2.05, 4.69) is 26.1 Å². The summed E-state index contributed by atoms with van der Waals surface area (Å²) < 4.78 is 5.13. The molecule has 0 aliphatic heterocycles. The van der Waals surface area contributed by atoms with Crippen molar-refractivity contribution >= 4 is 5.91 Å². The molecule has 1 atom stereocenters. The molecule has 1 aromatic rings. The lowest BCUT2D eigenvalue weighted by molar-refractivity contribution is 0.0897. The van der Waals surface area contributed by atoms with Gasteiger partial charge in [0.2, 0.25) is 0 Å². The van der Waals surface area contributed by atoms with Gasteiger partial charge in [0.25, 0.3) is 5.91 Å². The van der Waals surface area contributed by atoms with Gasteiger partial charge in [-0.25, -0.2) is 0 Å². The Hall–Kier alpha value is -1.29. The second-order valence-electron chi connectivity index (χ2n) is 5.36. The Morgan fingerprint density at radius 2 is 2.18 bits per heavy atom. The van der Waals surface area contributed by atoms with E-state index < -0.39 is 0 Å². The van der Waals surface area contributed by atoms with Crippen LogP contribution in [0.1, 0.15) is 43.3 Å². The highest BCUT2D eigenvalue weighted by molar-refractivity contribution is 5.95. The van der Waals surface area contributed by atoms with Crippen LogP contribution in [0.25, 0.3) is 0 Å². The summed E-state index contributed by atoms with van der Waals surface area (Å²) in [4.78, 5) is 12.0. The fourth-order valence-electron chi connectivity index (χ4n) is 1.74. The summed E-state index contributed by atoms with van der Waals surface area (Å²) in [7, 11) is 0. The van der Waals surface area contributed by atoms with Crippen molar-refractivity contribution in [3.8, 4) is 0 Å². The van der Waals surface area contributed by atoms with Gasteiger partial charge < -0.3 is 15.5 Å². The van der Waals surface area contributed by atoms with Crippen molar-refractivity contribution in [3.05, 3.63) is 23.7 Å². The number of nitrogens with two attached hydrogens (primary N) is 1. The van der Waals surface area contributed by atoms with Crippen LogP contribution in [0, 0.1) is 12.3 Å². The van der Waals surface area contributed by atoms with Gasteiger partial charge in [-0.1, -0.05) is 20.8 Å². The summed E-state index contributed by atoms with van der Waals surface area (Å²) in [5, 5.41) is 3.02. The van der Waals surface area contributed by atoms with Crippen LogP contribution in [0.4, 0.5) is 0 Å². The summed E-state index contributed by atoms with van der Waals surface area (Å²) in [6, 6.07) is 1.75. The highest BCUT2D eigenvalue weighted by atomic mass is 16.3. The normalized spacial score (nSPS) is 13.5. The van der Waals surface area contributed by atoms with Crippen LogP contribution in [0.15, 0.2) is 16.7 Å². The molecule has 0 fully saturated rings. The zero-order valence-corrected chi connectivity index (χ0v) is 11.0. The SMILES string of the molecule is Cc1occc1C(=O)NC(CCN)C(C)(C)C. The minimum absolute atomic E-state index is 0.00727. The quantitative estimate of drug-likeness (QED) is 0.843. The first-order valence-corrected chi connectivity index (χ1v) is 5.91. The van der Waals surface area contributed by atoms with Gasteiger partial charge in [0.15, 0.2) is 0 Å². The van der Waals surface area contributed by atoms with E-state index in [-0.39, 0.29) is 17.4 Å². The first kappa shape index (κ1) is 13.8. The molecule has 1 unspecified atom stereocenters. The Morgan fingerprint density at radius 1 is 1.53 bits per heavy atom. The predicted molar refractivity (Wildman–Crippen MR) is 67.8 cm³/mol. The molecule has 0 bridgehead atoms. The van der Waals surface area contributed by atoms with Crippen molar-refractivity contribution in [2.45, 2.75) is 40.2 Å². The minimum atomic E-state index is -0.0929. The molecule has 4 nitrogen and oxygen atoms in total. The molecule has 0 aliphatic carbocycles.